The highest BCUT2D eigenvalue weighted by atomic mass is 16.8. The Kier molecular flexibility index (Phi) is 2.64. The van der Waals surface area contributed by atoms with Gasteiger partial charge >= 0.3 is 5.97 Å². The summed E-state index contributed by atoms with van der Waals surface area (Å²) in [6, 6.07) is 0. The van der Waals surface area contributed by atoms with Crippen molar-refractivity contribution < 1.29 is 28.5 Å². The first-order chi connectivity index (χ1) is 7.83. The van der Waals surface area contributed by atoms with Crippen LogP contribution in [0.5, 0.6) is 0 Å². The van der Waals surface area contributed by atoms with Crippen molar-refractivity contribution in [1.29, 1.82) is 0 Å². The van der Waals surface area contributed by atoms with Gasteiger partial charge in [-0.05, 0) is 13.8 Å². The van der Waals surface area contributed by atoms with Crippen LogP contribution in [0.4, 0.5) is 0 Å². The molecule has 0 aliphatic carbocycles. The molecule has 7 nitrogen and oxygen atoms in total. The molecule has 2 heterocycles. The molecule has 3 atom stereocenters. The average molecular weight is 245 g/mol. The molecule has 2 aliphatic rings. The van der Waals surface area contributed by atoms with Crippen molar-refractivity contribution in [3.05, 3.63) is 0 Å². The topological polar surface area (TPSA) is 100 Å². The van der Waals surface area contributed by atoms with Gasteiger partial charge in [0.1, 0.15) is 12.2 Å². The van der Waals surface area contributed by atoms with E-state index in [1.165, 1.54) is 7.11 Å². The summed E-state index contributed by atoms with van der Waals surface area (Å²) < 4.78 is 20.5. The first-order valence-corrected chi connectivity index (χ1v) is 5.21. The molecular formula is C10H15NO6. The van der Waals surface area contributed by atoms with E-state index in [-0.39, 0.29) is 6.61 Å². The maximum Gasteiger partial charge on any atom is 0.351 e. The molecule has 2 saturated heterocycles. The molecule has 0 radical (unpaired) electrons. The summed E-state index contributed by atoms with van der Waals surface area (Å²) in [7, 11) is 1.17. The van der Waals surface area contributed by atoms with Crippen LogP contribution in [0.1, 0.15) is 13.8 Å². The van der Waals surface area contributed by atoms with E-state index in [1.807, 2.05) is 0 Å². The van der Waals surface area contributed by atoms with E-state index in [4.69, 9.17) is 19.9 Å². The van der Waals surface area contributed by atoms with Crippen molar-refractivity contribution in [3.8, 4) is 0 Å². The predicted molar refractivity (Wildman–Crippen MR) is 53.7 cm³/mol. The van der Waals surface area contributed by atoms with Crippen LogP contribution in [0.15, 0.2) is 0 Å². The highest BCUT2D eigenvalue weighted by molar-refractivity contribution is 6.09. The number of primary amides is 1. The number of nitrogens with two attached hydrogens (primary N) is 1. The minimum Gasteiger partial charge on any atom is -0.466 e. The van der Waals surface area contributed by atoms with Crippen LogP contribution in [0.3, 0.4) is 0 Å². The molecule has 7 heteroatoms. The zero-order valence-corrected chi connectivity index (χ0v) is 9.89. The third-order valence-corrected chi connectivity index (χ3v) is 2.88. The Bertz CT molecular complexity index is 368. The van der Waals surface area contributed by atoms with Crippen molar-refractivity contribution in [2.24, 2.45) is 5.73 Å². The third kappa shape index (κ3) is 1.80. The van der Waals surface area contributed by atoms with Crippen LogP contribution in [-0.4, -0.2) is 49.2 Å². The largest absolute Gasteiger partial charge is 0.466 e. The van der Waals surface area contributed by atoms with E-state index in [1.54, 1.807) is 13.8 Å². The molecule has 0 aromatic rings. The number of epoxide rings is 1. The summed E-state index contributed by atoms with van der Waals surface area (Å²) in [5.41, 5.74) is 3.45. The Hall–Kier alpha value is -1.18. The van der Waals surface area contributed by atoms with Crippen LogP contribution < -0.4 is 5.73 Å². The van der Waals surface area contributed by atoms with Crippen LogP contribution in [0.2, 0.25) is 0 Å². The molecule has 2 aliphatic heterocycles. The number of hydrogen-bond acceptors (Lipinski definition) is 6. The second-order valence-electron chi connectivity index (χ2n) is 4.50. The quantitative estimate of drug-likeness (QED) is 0.386. The van der Waals surface area contributed by atoms with Gasteiger partial charge in [-0.25, -0.2) is 4.79 Å². The van der Waals surface area contributed by atoms with Crippen molar-refractivity contribution in [2.45, 2.75) is 37.4 Å². The van der Waals surface area contributed by atoms with Gasteiger partial charge in [-0.15, -0.1) is 0 Å². The van der Waals surface area contributed by atoms with Gasteiger partial charge in [0.15, 0.2) is 5.79 Å². The molecule has 0 saturated carbocycles. The predicted octanol–water partition coefficient (Wildman–Crippen LogP) is -1.07. The molecule has 1 amide bonds. The molecule has 2 fully saturated rings. The summed E-state index contributed by atoms with van der Waals surface area (Å²) in [5.74, 6) is -2.43. The Morgan fingerprint density at radius 1 is 1.35 bits per heavy atom. The van der Waals surface area contributed by atoms with E-state index in [9.17, 15) is 9.59 Å². The van der Waals surface area contributed by atoms with Crippen molar-refractivity contribution in [2.75, 3.05) is 13.7 Å². The second kappa shape index (κ2) is 3.66. The number of ether oxygens (including phenoxy) is 4. The number of esters is 1. The Balaban J connectivity index is 2.11. The molecule has 2 rings (SSSR count). The zero-order chi connectivity index (χ0) is 12.8. The van der Waals surface area contributed by atoms with Gasteiger partial charge in [-0.2, -0.15) is 0 Å². The van der Waals surface area contributed by atoms with Gasteiger partial charge in [-0.3, -0.25) is 4.79 Å². The summed E-state index contributed by atoms with van der Waals surface area (Å²) in [4.78, 5) is 22.8. The third-order valence-electron chi connectivity index (χ3n) is 2.88. The van der Waals surface area contributed by atoms with Gasteiger partial charge in [-0.1, -0.05) is 0 Å². The van der Waals surface area contributed by atoms with Crippen LogP contribution in [0.25, 0.3) is 0 Å². The molecule has 0 bridgehead atoms. The van der Waals surface area contributed by atoms with Gasteiger partial charge in [0.05, 0.1) is 13.7 Å². The number of methoxy groups -OCH3 is 1. The van der Waals surface area contributed by atoms with Crippen LogP contribution in [-0.2, 0) is 28.5 Å². The first-order valence-electron chi connectivity index (χ1n) is 5.21. The molecule has 2 unspecified atom stereocenters. The summed E-state index contributed by atoms with van der Waals surface area (Å²) in [6.07, 6.45) is -1.24. The summed E-state index contributed by atoms with van der Waals surface area (Å²) in [6.45, 7) is 3.71. The van der Waals surface area contributed by atoms with Crippen molar-refractivity contribution >= 4 is 11.9 Å². The van der Waals surface area contributed by atoms with E-state index in [0.717, 1.165) is 0 Å². The number of hydrogen-bond donors (Lipinski definition) is 1. The molecule has 17 heavy (non-hydrogen) atoms. The van der Waals surface area contributed by atoms with Gasteiger partial charge in [0.25, 0.3) is 11.5 Å². The van der Waals surface area contributed by atoms with Crippen molar-refractivity contribution in [3.63, 3.8) is 0 Å². The monoisotopic (exact) mass is 245 g/mol. The Morgan fingerprint density at radius 3 is 2.41 bits per heavy atom. The lowest BCUT2D eigenvalue weighted by molar-refractivity contribution is -0.151. The van der Waals surface area contributed by atoms with E-state index in [0.29, 0.717) is 0 Å². The lowest BCUT2D eigenvalue weighted by Gasteiger charge is -2.16. The average Bonchev–Trinajstić information content (AvgIpc) is 2.91. The first kappa shape index (κ1) is 12.3. The second-order valence-corrected chi connectivity index (χ2v) is 4.50. The standard InChI is InChI=1S/C10H15NO6/c1-9(2)15-4-5(16-9)6-10(17-6,7(11)12)8(13)14-3/h5-6H,4H2,1-3H3,(H2,11,12)/t5-,6?,10?/m1/s1. The Morgan fingerprint density at radius 2 is 2.00 bits per heavy atom. The molecular weight excluding hydrogens is 230 g/mol. The number of rotatable bonds is 3. The van der Waals surface area contributed by atoms with E-state index >= 15 is 0 Å². The molecule has 0 spiro atoms. The van der Waals surface area contributed by atoms with Crippen LogP contribution >= 0.6 is 0 Å². The maximum absolute atomic E-state index is 11.5. The highest BCUT2D eigenvalue weighted by Crippen LogP contribution is 2.44. The van der Waals surface area contributed by atoms with E-state index < -0.39 is 35.5 Å². The normalized spacial score (nSPS) is 38.8. The lowest BCUT2D eigenvalue weighted by atomic mass is 10.0. The number of carbonyl (C=O) groups is 2. The molecule has 2 N–H and O–H groups in total. The lowest BCUT2D eigenvalue weighted by Crippen LogP contribution is -2.45. The maximum atomic E-state index is 11.5. The Labute approximate surface area is 98.1 Å². The molecule has 96 valence electrons. The smallest absolute Gasteiger partial charge is 0.351 e. The SMILES string of the molecule is COC(=O)C1(C(N)=O)OC1[C@H]1COC(C)(C)O1. The summed E-state index contributed by atoms with van der Waals surface area (Å²) in [5, 5.41) is 0. The fourth-order valence-electron chi connectivity index (χ4n) is 1.98. The highest BCUT2D eigenvalue weighted by Gasteiger charge is 2.73. The van der Waals surface area contributed by atoms with Crippen molar-refractivity contribution in [1.82, 2.24) is 0 Å². The fraction of sp³-hybridized carbons (Fsp3) is 0.800. The van der Waals surface area contributed by atoms with Gasteiger partial charge in [0, 0.05) is 0 Å². The zero-order valence-electron chi connectivity index (χ0n) is 9.89. The van der Waals surface area contributed by atoms with Crippen LogP contribution in [0, 0.1) is 0 Å². The summed E-state index contributed by atoms with van der Waals surface area (Å²) >= 11 is 0. The van der Waals surface area contributed by atoms with E-state index in [2.05, 4.69) is 4.74 Å². The fourth-order valence-corrected chi connectivity index (χ4v) is 1.98. The van der Waals surface area contributed by atoms with Gasteiger partial charge < -0.3 is 24.7 Å². The minimum atomic E-state index is -1.72. The minimum absolute atomic E-state index is 0.240. The number of amides is 1. The molecule has 0 aromatic carbocycles. The molecule has 0 aromatic heterocycles. The van der Waals surface area contributed by atoms with Gasteiger partial charge in [0.2, 0.25) is 0 Å². The number of carbonyl (C=O) groups excluding carboxylic acids is 2.